The highest BCUT2D eigenvalue weighted by molar-refractivity contribution is 7.90. The van der Waals surface area contributed by atoms with E-state index in [1.165, 1.54) is 0 Å². The van der Waals surface area contributed by atoms with Gasteiger partial charge in [0, 0.05) is 24.3 Å². The van der Waals surface area contributed by atoms with Crippen LogP contribution in [-0.2, 0) is 10.0 Å². The SMILES string of the molecule is CC(C)(C)S(=O)(=O)NCCCCCNc1ccc(-c2ncco2)cc1. The first-order valence-electron chi connectivity index (χ1n) is 8.53. The van der Waals surface area contributed by atoms with E-state index in [2.05, 4.69) is 15.0 Å². The van der Waals surface area contributed by atoms with Crippen LogP contribution in [0.5, 0.6) is 0 Å². The lowest BCUT2D eigenvalue weighted by molar-refractivity contribution is 0.540. The monoisotopic (exact) mass is 365 g/mol. The Morgan fingerprint density at radius 2 is 1.72 bits per heavy atom. The van der Waals surface area contributed by atoms with Gasteiger partial charge in [-0.25, -0.2) is 18.1 Å². The third-order valence-corrected chi connectivity index (χ3v) is 6.04. The van der Waals surface area contributed by atoms with Crippen LogP contribution in [0.3, 0.4) is 0 Å². The molecule has 1 heterocycles. The highest BCUT2D eigenvalue weighted by atomic mass is 32.2. The van der Waals surface area contributed by atoms with Crippen molar-refractivity contribution >= 4 is 15.7 Å². The van der Waals surface area contributed by atoms with Gasteiger partial charge >= 0.3 is 0 Å². The highest BCUT2D eigenvalue weighted by Crippen LogP contribution is 2.19. The topological polar surface area (TPSA) is 84.2 Å². The number of nitrogens with zero attached hydrogens (tertiary/aromatic N) is 1. The number of aromatic nitrogens is 1. The van der Waals surface area contributed by atoms with Crippen molar-refractivity contribution in [2.24, 2.45) is 0 Å². The van der Waals surface area contributed by atoms with Crippen molar-refractivity contribution in [1.29, 1.82) is 0 Å². The summed E-state index contributed by atoms with van der Waals surface area (Å²) in [5.74, 6) is 0.615. The number of nitrogens with one attached hydrogen (secondary N) is 2. The molecule has 1 aromatic heterocycles. The van der Waals surface area contributed by atoms with Gasteiger partial charge < -0.3 is 9.73 Å². The van der Waals surface area contributed by atoms with Crippen LogP contribution in [-0.4, -0.2) is 31.2 Å². The van der Waals surface area contributed by atoms with Gasteiger partial charge in [-0.05, 0) is 57.9 Å². The molecule has 6 nitrogen and oxygen atoms in total. The van der Waals surface area contributed by atoms with Crippen LogP contribution in [0.4, 0.5) is 5.69 Å². The maximum Gasteiger partial charge on any atom is 0.225 e. The molecule has 0 aliphatic rings. The van der Waals surface area contributed by atoms with Crippen LogP contribution in [0.25, 0.3) is 11.5 Å². The number of hydrogen-bond acceptors (Lipinski definition) is 5. The third kappa shape index (κ3) is 5.86. The van der Waals surface area contributed by atoms with E-state index >= 15 is 0 Å². The van der Waals surface area contributed by atoms with Gasteiger partial charge in [0.25, 0.3) is 0 Å². The molecule has 0 atom stereocenters. The largest absolute Gasteiger partial charge is 0.445 e. The molecule has 0 aliphatic carbocycles. The van der Waals surface area contributed by atoms with Gasteiger partial charge in [-0.15, -0.1) is 0 Å². The van der Waals surface area contributed by atoms with E-state index in [1.807, 2.05) is 24.3 Å². The molecule has 1 aromatic carbocycles. The maximum atomic E-state index is 11.9. The van der Waals surface area contributed by atoms with Crippen LogP contribution in [0.15, 0.2) is 41.1 Å². The Bertz CT molecular complexity index is 733. The van der Waals surface area contributed by atoms with Crippen molar-refractivity contribution in [2.75, 3.05) is 18.4 Å². The Morgan fingerprint density at radius 1 is 1.04 bits per heavy atom. The number of hydrogen-bond donors (Lipinski definition) is 2. The lowest BCUT2D eigenvalue weighted by Crippen LogP contribution is -2.39. The Labute approximate surface area is 150 Å². The predicted molar refractivity (Wildman–Crippen MR) is 101 cm³/mol. The first-order chi connectivity index (χ1) is 11.8. The molecule has 0 spiro atoms. The third-order valence-electron chi connectivity index (χ3n) is 3.85. The minimum atomic E-state index is -3.23. The van der Waals surface area contributed by atoms with Gasteiger partial charge in [-0.2, -0.15) is 0 Å². The first-order valence-corrected chi connectivity index (χ1v) is 10.0. The minimum absolute atomic E-state index is 0.491. The zero-order chi connectivity index (χ0) is 18.3. The molecule has 0 radical (unpaired) electrons. The van der Waals surface area contributed by atoms with Gasteiger partial charge in [-0.1, -0.05) is 6.42 Å². The molecule has 0 aliphatic heterocycles. The predicted octanol–water partition coefficient (Wildman–Crippen LogP) is 3.64. The molecule has 138 valence electrons. The standard InChI is InChI=1S/C18H27N3O3S/c1-18(2,3)25(22,23)21-12-6-4-5-11-19-16-9-7-15(8-10-16)17-20-13-14-24-17/h7-10,13-14,19,21H,4-6,11-12H2,1-3H3. The van der Waals surface area contributed by atoms with Crippen molar-refractivity contribution in [2.45, 2.75) is 44.8 Å². The number of oxazole rings is 1. The second kappa shape index (κ2) is 8.49. The summed E-state index contributed by atoms with van der Waals surface area (Å²) in [6.45, 7) is 6.44. The lowest BCUT2D eigenvalue weighted by Gasteiger charge is -2.19. The number of sulfonamides is 1. The summed E-state index contributed by atoms with van der Waals surface area (Å²) >= 11 is 0. The minimum Gasteiger partial charge on any atom is -0.445 e. The molecule has 0 bridgehead atoms. The molecule has 2 aromatic rings. The summed E-state index contributed by atoms with van der Waals surface area (Å²) in [5, 5.41) is 3.36. The zero-order valence-corrected chi connectivity index (χ0v) is 15.9. The van der Waals surface area contributed by atoms with Crippen molar-refractivity contribution < 1.29 is 12.8 Å². The summed E-state index contributed by atoms with van der Waals surface area (Å²) in [6.07, 6.45) is 5.97. The van der Waals surface area contributed by atoms with Crippen molar-refractivity contribution in [3.8, 4) is 11.5 Å². The molecule has 2 N–H and O–H groups in total. The fraction of sp³-hybridized carbons (Fsp3) is 0.500. The van der Waals surface area contributed by atoms with E-state index in [1.54, 1.807) is 33.2 Å². The van der Waals surface area contributed by atoms with E-state index in [-0.39, 0.29) is 0 Å². The number of anilines is 1. The molecule has 0 fully saturated rings. The van der Waals surface area contributed by atoms with Gasteiger partial charge in [0.05, 0.1) is 10.9 Å². The molecule has 2 rings (SSSR count). The summed E-state index contributed by atoms with van der Waals surface area (Å²) in [4.78, 5) is 4.12. The smallest absolute Gasteiger partial charge is 0.225 e. The molecule has 0 unspecified atom stereocenters. The normalized spacial score (nSPS) is 12.3. The van der Waals surface area contributed by atoms with Crippen LogP contribution < -0.4 is 10.0 Å². The number of benzene rings is 1. The summed E-state index contributed by atoms with van der Waals surface area (Å²) in [6, 6.07) is 7.93. The number of rotatable bonds is 9. The maximum absolute atomic E-state index is 11.9. The fourth-order valence-corrected chi connectivity index (χ4v) is 3.03. The zero-order valence-electron chi connectivity index (χ0n) is 15.1. The van der Waals surface area contributed by atoms with Gasteiger partial charge in [0.2, 0.25) is 15.9 Å². The summed E-state index contributed by atoms with van der Waals surface area (Å²) in [5.41, 5.74) is 1.99. The van der Waals surface area contributed by atoms with Crippen molar-refractivity contribution in [1.82, 2.24) is 9.71 Å². The second-order valence-corrected chi connectivity index (χ2v) is 9.43. The quantitative estimate of drug-likeness (QED) is 0.663. The van der Waals surface area contributed by atoms with E-state index in [0.29, 0.717) is 12.4 Å². The Balaban J connectivity index is 1.62. The van der Waals surface area contributed by atoms with Crippen LogP contribution >= 0.6 is 0 Å². The Hall–Kier alpha value is -1.86. The highest BCUT2D eigenvalue weighted by Gasteiger charge is 2.27. The van der Waals surface area contributed by atoms with E-state index in [9.17, 15) is 8.42 Å². The van der Waals surface area contributed by atoms with E-state index in [4.69, 9.17) is 4.42 Å². The average molecular weight is 365 g/mol. The molecule has 7 heteroatoms. The summed E-state index contributed by atoms with van der Waals surface area (Å²) < 4.78 is 31.0. The van der Waals surface area contributed by atoms with Crippen LogP contribution in [0, 0.1) is 0 Å². The molecule has 0 saturated carbocycles. The molecular weight excluding hydrogens is 338 g/mol. The van der Waals surface area contributed by atoms with E-state index in [0.717, 1.165) is 37.1 Å². The van der Waals surface area contributed by atoms with Crippen molar-refractivity contribution in [3.05, 3.63) is 36.7 Å². The molecule has 25 heavy (non-hydrogen) atoms. The van der Waals surface area contributed by atoms with Gasteiger partial charge in [-0.3, -0.25) is 0 Å². The molecule has 0 amide bonds. The van der Waals surface area contributed by atoms with Crippen LogP contribution in [0.2, 0.25) is 0 Å². The van der Waals surface area contributed by atoms with Crippen LogP contribution in [0.1, 0.15) is 40.0 Å². The van der Waals surface area contributed by atoms with Gasteiger partial charge in [0.15, 0.2) is 0 Å². The van der Waals surface area contributed by atoms with Gasteiger partial charge in [0.1, 0.15) is 6.26 Å². The Morgan fingerprint density at radius 3 is 2.32 bits per heavy atom. The second-order valence-electron chi connectivity index (χ2n) is 6.91. The molecular formula is C18H27N3O3S. The Kier molecular flexibility index (Phi) is 6.61. The fourth-order valence-electron chi connectivity index (χ4n) is 2.18. The first kappa shape index (κ1) is 19.5. The van der Waals surface area contributed by atoms with Crippen molar-refractivity contribution in [3.63, 3.8) is 0 Å². The average Bonchev–Trinajstić information content (AvgIpc) is 3.08. The van der Waals surface area contributed by atoms with E-state index < -0.39 is 14.8 Å². The lowest BCUT2D eigenvalue weighted by atomic mass is 10.2. The summed E-state index contributed by atoms with van der Waals surface area (Å²) in [7, 11) is -3.23. The molecule has 0 saturated heterocycles. The number of unbranched alkanes of at least 4 members (excludes halogenated alkanes) is 2.